The van der Waals surface area contributed by atoms with Gasteiger partial charge in [-0.2, -0.15) is 0 Å². The molecule has 1 amide bonds. The molecule has 4 rings (SSSR count). The van der Waals surface area contributed by atoms with Gasteiger partial charge in [-0.25, -0.2) is 0 Å². The van der Waals surface area contributed by atoms with Crippen LogP contribution in [-0.4, -0.2) is 31.0 Å². The second kappa shape index (κ2) is 8.93. The second-order valence-electron chi connectivity index (χ2n) is 6.74. The van der Waals surface area contributed by atoms with Crippen LogP contribution in [0.2, 0.25) is 5.02 Å². The number of amides is 1. The summed E-state index contributed by atoms with van der Waals surface area (Å²) in [6.07, 6.45) is 2.13. The maximum absolute atomic E-state index is 12.3. The van der Waals surface area contributed by atoms with Crippen molar-refractivity contribution in [1.29, 1.82) is 0 Å². The van der Waals surface area contributed by atoms with Crippen LogP contribution < -0.4 is 5.32 Å². The third-order valence-corrected chi connectivity index (χ3v) is 6.08. The van der Waals surface area contributed by atoms with E-state index in [2.05, 4.69) is 56.8 Å². The highest BCUT2D eigenvalue weighted by molar-refractivity contribution is 7.99. The Balaban J connectivity index is 1.54. The van der Waals surface area contributed by atoms with Gasteiger partial charge in [0.1, 0.15) is 0 Å². The lowest BCUT2D eigenvalue weighted by Gasteiger charge is -2.07. The summed E-state index contributed by atoms with van der Waals surface area (Å²) in [6.45, 7) is 5.79. The molecule has 8 heteroatoms. The average molecular weight is 440 g/mol. The van der Waals surface area contributed by atoms with Crippen LogP contribution in [0.3, 0.4) is 0 Å². The van der Waals surface area contributed by atoms with E-state index >= 15 is 0 Å². The number of hydrogen-bond donors (Lipinski definition) is 1. The fourth-order valence-corrected chi connectivity index (χ4v) is 4.36. The Hall–Kier alpha value is -2.77. The van der Waals surface area contributed by atoms with Gasteiger partial charge < -0.3 is 14.5 Å². The lowest BCUT2D eigenvalue weighted by Crippen LogP contribution is -2.14. The molecule has 0 aliphatic heterocycles. The zero-order valence-electron chi connectivity index (χ0n) is 16.8. The first-order valence-electron chi connectivity index (χ1n) is 9.80. The first-order chi connectivity index (χ1) is 14.6. The highest BCUT2D eigenvalue weighted by Gasteiger charge is 2.18. The molecule has 0 aliphatic rings. The van der Waals surface area contributed by atoms with Crippen molar-refractivity contribution in [2.24, 2.45) is 0 Å². The number of nitrogens with zero attached hydrogens (tertiary/aromatic N) is 4. The van der Waals surface area contributed by atoms with Gasteiger partial charge in [0.25, 0.3) is 0 Å². The van der Waals surface area contributed by atoms with E-state index in [1.807, 2.05) is 12.1 Å². The molecule has 0 radical (unpaired) electrons. The van der Waals surface area contributed by atoms with Crippen LogP contribution in [0.5, 0.6) is 0 Å². The minimum atomic E-state index is -0.0999. The van der Waals surface area contributed by atoms with Crippen LogP contribution in [0.4, 0.5) is 5.69 Å². The smallest absolute Gasteiger partial charge is 0.234 e. The monoisotopic (exact) mass is 439 g/mol. The predicted octanol–water partition coefficient (Wildman–Crippen LogP) is 5.32. The van der Waals surface area contributed by atoms with Crippen molar-refractivity contribution in [3.63, 3.8) is 0 Å². The van der Waals surface area contributed by atoms with Crippen LogP contribution >= 0.6 is 23.4 Å². The molecule has 2 heterocycles. The summed E-state index contributed by atoms with van der Waals surface area (Å²) >= 11 is 7.27. The van der Waals surface area contributed by atoms with Gasteiger partial charge in [0.2, 0.25) is 5.91 Å². The number of thioether (sulfide) groups is 1. The fraction of sp³-hybridized carbons (Fsp3) is 0.227. The van der Waals surface area contributed by atoms with Crippen molar-refractivity contribution < 1.29 is 4.79 Å². The zero-order chi connectivity index (χ0) is 21.1. The molecule has 0 aliphatic carbocycles. The van der Waals surface area contributed by atoms with Gasteiger partial charge in [-0.3, -0.25) is 4.79 Å². The predicted molar refractivity (Wildman–Crippen MR) is 123 cm³/mol. The number of rotatable bonds is 7. The highest BCUT2D eigenvalue weighted by atomic mass is 35.5. The number of benzene rings is 2. The van der Waals surface area contributed by atoms with E-state index in [0.29, 0.717) is 5.02 Å². The van der Waals surface area contributed by atoms with E-state index in [9.17, 15) is 4.79 Å². The van der Waals surface area contributed by atoms with E-state index in [-0.39, 0.29) is 11.7 Å². The summed E-state index contributed by atoms with van der Waals surface area (Å²) in [4.78, 5) is 12.3. The number of para-hydroxylation sites is 1. The first-order valence-corrected chi connectivity index (χ1v) is 11.2. The summed E-state index contributed by atoms with van der Waals surface area (Å²) in [7, 11) is 0. The molecule has 0 saturated carbocycles. The zero-order valence-corrected chi connectivity index (χ0v) is 18.4. The minimum Gasteiger partial charge on any atom is -0.347 e. The Morgan fingerprint density at radius 1 is 1.07 bits per heavy atom. The van der Waals surface area contributed by atoms with Crippen molar-refractivity contribution >= 4 is 45.9 Å². The van der Waals surface area contributed by atoms with Gasteiger partial charge in [-0.1, -0.05) is 41.6 Å². The third kappa shape index (κ3) is 4.08. The molecule has 2 aromatic heterocycles. The number of anilines is 1. The number of halogens is 1. The molecule has 0 unspecified atom stereocenters. The Morgan fingerprint density at radius 2 is 1.83 bits per heavy atom. The summed E-state index contributed by atoms with van der Waals surface area (Å²) in [5, 5.41) is 14.2. The van der Waals surface area contributed by atoms with Crippen molar-refractivity contribution in [2.75, 3.05) is 11.1 Å². The fourth-order valence-electron chi connectivity index (χ4n) is 3.43. The van der Waals surface area contributed by atoms with E-state index in [4.69, 9.17) is 11.6 Å². The molecule has 1 N–H and O–H groups in total. The topological polar surface area (TPSA) is 64.7 Å². The van der Waals surface area contributed by atoms with Gasteiger partial charge in [-0.05, 0) is 44.2 Å². The number of aryl methyl sites for hydroxylation is 1. The Morgan fingerprint density at radius 3 is 2.57 bits per heavy atom. The Labute approximate surface area is 184 Å². The summed E-state index contributed by atoms with van der Waals surface area (Å²) in [6, 6.07) is 15.4. The van der Waals surface area contributed by atoms with Crippen molar-refractivity contribution in [3.8, 4) is 11.4 Å². The normalized spacial score (nSPS) is 11.2. The maximum atomic E-state index is 12.3. The van der Waals surface area contributed by atoms with Crippen molar-refractivity contribution in [2.45, 2.75) is 32.1 Å². The van der Waals surface area contributed by atoms with Gasteiger partial charge >= 0.3 is 0 Å². The summed E-state index contributed by atoms with van der Waals surface area (Å²) < 4.78 is 4.27. The van der Waals surface area contributed by atoms with E-state index in [0.717, 1.165) is 40.7 Å². The number of carbonyl (C=O) groups is 1. The summed E-state index contributed by atoms with van der Waals surface area (Å²) in [5.74, 6) is 0.968. The third-order valence-electron chi connectivity index (χ3n) is 4.86. The standard InChI is InChI=1S/C22H22ClN5OS/c1-3-27-13-18(17-7-5-6-8-19(17)27)21-25-26-22(28(21)4-2)30-14-20(29)24-16-11-9-15(23)10-12-16/h5-13H,3-4,14H2,1-2H3,(H,24,29). The van der Waals surface area contributed by atoms with E-state index < -0.39 is 0 Å². The number of fused-ring (bicyclic) bond motifs is 1. The van der Waals surface area contributed by atoms with E-state index in [1.54, 1.807) is 24.3 Å². The molecule has 0 bridgehead atoms. The molecule has 154 valence electrons. The van der Waals surface area contributed by atoms with Gasteiger partial charge in [-0.15, -0.1) is 10.2 Å². The molecular formula is C22H22ClN5OS. The number of aromatic nitrogens is 4. The quantitative estimate of drug-likeness (QED) is 0.395. The molecule has 2 aromatic carbocycles. The van der Waals surface area contributed by atoms with Crippen LogP contribution in [0, 0.1) is 0 Å². The molecule has 0 fully saturated rings. The lowest BCUT2D eigenvalue weighted by atomic mass is 10.1. The van der Waals surface area contributed by atoms with Gasteiger partial charge in [0.15, 0.2) is 11.0 Å². The van der Waals surface area contributed by atoms with Crippen molar-refractivity contribution in [1.82, 2.24) is 19.3 Å². The SMILES string of the molecule is CCn1c(SCC(=O)Nc2ccc(Cl)cc2)nnc1-c1cn(CC)c2ccccc12. The Bertz CT molecular complexity index is 1180. The van der Waals surface area contributed by atoms with Gasteiger partial charge in [0.05, 0.1) is 5.75 Å². The summed E-state index contributed by atoms with van der Waals surface area (Å²) in [5.41, 5.74) is 2.95. The van der Waals surface area contributed by atoms with Crippen LogP contribution in [-0.2, 0) is 17.9 Å². The number of hydrogen-bond acceptors (Lipinski definition) is 4. The number of carbonyl (C=O) groups excluding carboxylic acids is 1. The lowest BCUT2D eigenvalue weighted by molar-refractivity contribution is -0.113. The maximum Gasteiger partial charge on any atom is 0.234 e. The molecular weight excluding hydrogens is 418 g/mol. The van der Waals surface area contributed by atoms with Crippen LogP contribution in [0.25, 0.3) is 22.3 Å². The first kappa shape index (κ1) is 20.5. The Kier molecular flexibility index (Phi) is 6.11. The molecule has 0 saturated heterocycles. The molecule has 4 aromatic rings. The molecule has 30 heavy (non-hydrogen) atoms. The molecule has 0 atom stereocenters. The number of nitrogens with one attached hydrogen (secondary N) is 1. The largest absolute Gasteiger partial charge is 0.347 e. The highest BCUT2D eigenvalue weighted by Crippen LogP contribution is 2.31. The molecule has 0 spiro atoms. The second-order valence-corrected chi connectivity index (χ2v) is 8.12. The molecule has 6 nitrogen and oxygen atoms in total. The average Bonchev–Trinajstić information content (AvgIpc) is 3.34. The minimum absolute atomic E-state index is 0.0999. The van der Waals surface area contributed by atoms with Crippen LogP contribution in [0.1, 0.15) is 13.8 Å². The van der Waals surface area contributed by atoms with Crippen molar-refractivity contribution in [3.05, 3.63) is 59.8 Å². The van der Waals surface area contributed by atoms with Crippen LogP contribution in [0.15, 0.2) is 59.9 Å². The van der Waals surface area contributed by atoms with E-state index in [1.165, 1.54) is 17.3 Å². The van der Waals surface area contributed by atoms with Gasteiger partial charge in [0, 0.05) is 46.5 Å².